The summed E-state index contributed by atoms with van der Waals surface area (Å²) in [5.74, 6) is 2.04. The Balaban J connectivity index is 0.00000280. The zero-order chi connectivity index (χ0) is 19.1. The Morgan fingerprint density at radius 2 is 2.00 bits per heavy atom. The van der Waals surface area contributed by atoms with E-state index in [1.165, 1.54) is 12.8 Å². The molecule has 1 amide bonds. The van der Waals surface area contributed by atoms with Gasteiger partial charge in [-0.2, -0.15) is 0 Å². The smallest absolute Gasteiger partial charge is 0.220 e. The predicted octanol–water partition coefficient (Wildman–Crippen LogP) is 4.43. The van der Waals surface area contributed by atoms with Crippen LogP contribution in [-0.4, -0.2) is 26.1 Å². The fraction of sp³-hybridized carbons (Fsp3) is 0.435. The van der Waals surface area contributed by atoms with Crippen LogP contribution in [0.3, 0.4) is 0 Å². The van der Waals surface area contributed by atoms with Crippen molar-refractivity contribution in [2.45, 2.75) is 32.7 Å². The maximum absolute atomic E-state index is 12.3. The monoisotopic (exact) mass is 402 g/mol. The molecule has 4 nitrogen and oxygen atoms in total. The number of piperidine rings is 1. The highest BCUT2D eigenvalue weighted by Crippen LogP contribution is 2.24. The number of carbonyl (C=O) groups excluding carboxylic acids is 1. The summed E-state index contributed by atoms with van der Waals surface area (Å²) in [6, 6.07) is 16.4. The van der Waals surface area contributed by atoms with Gasteiger partial charge >= 0.3 is 0 Å². The summed E-state index contributed by atoms with van der Waals surface area (Å²) in [6.45, 7) is 4.92. The summed E-state index contributed by atoms with van der Waals surface area (Å²) in [5, 5.41) is 6.50. The third-order valence-corrected chi connectivity index (χ3v) is 5.49. The highest BCUT2D eigenvalue weighted by Gasteiger charge is 2.21. The summed E-state index contributed by atoms with van der Waals surface area (Å²) in [4.78, 5) is 12.3. The van der Waals surface area contributed by atoms with E-state index in [0.717, 1.165) is 35.5 Å². The number of nitrogens with one attached hydrogen (secondary N) is 2. The van der Waals surface area contributed by atoms with Crippen LogP contribution in [0.25, 0.3) is 11.1 Å². The molecule has 2 aromatic rings. The van der Waals surface area contributed by atoms with Gasteiger partial charge in [-0.3, -0.25) is 4.79 Å². The van der Waals surface area contributed by atoms with Gasteiger partial charge in [-0.15, -0.1) is 12.4 Å². The largest absolute Gasteiger partial charge is 0.497 e. The molecular weight excluding hydrogens is 372 g/mol. The first-order valence-corrected chi connectivity index (χ1v) is 9.86. The summed E-state index contributed by atoms with van der Waals surface area (Å²) in [5.41, 5.74) is 3.38. The van der Waals surface area contributed by atoms with Gasteiger partial charge in [-0.1, -0.05) is 43.3 Å². The van der Waals surface area contributed by atoms with E-state index in [4.69, 9.17) is 4.74 Å². The van der Waals surface area contributed by atoms with E-state index in [1.54, 1.807) is 7.11 Å². The van der Waals surface area contributed by atoms with Crippen LogP contribution in [0.1, 0.15) is 31.7 Å². The van der Waals surface area contributed by atoms with E-state index >= 15 is 0 Å². The molecule has 3 rings (SSSR count). The number of benzene rings is 2. The van der Waals surface area contributed by atoms with Gasteiger partial charge in [0, 0.05) is 13.0 Å². The molecule has 28 heavy (non-hydrogen) atoms. The van der Waals surface area contributed by atoms with Gasteiger partial charge in [0.25, 0.3) is 0 Å². The molecule has 2 aromatic carbocycles. The molecule has 1 fully saturated rings. The maximum atomic E-state index is 12.3. The van der Waals surface area contributed by atoms with E-state index in [1.807, 2.05) is 18.2 Å². The van der Waals surface area contributed by atoms with Crippen molar-refractivity contribution in [3.8, 4) is 16.9 Å². The van der Waals surface area contributed by atoms with Crippen LogP contribution < -0.4 is 15.4 Å². The van der Waals surface area contributed by atoms with Gasteiger partial charge in [-0.05, 0) is 66.6 Å². The highest BCUT2D eigenvalue weighted by molar-refractivity contribution is 5.85. The van der Waals surface area contributed by atoms with Crippen LogP contribution in [0.2, 0.25) is 0 Å². The molecule has 0 spiro atoms. The second kappa shape index (κ2) is 11.1. The first kappa shape index (κ1) is 22.3. The molecule has 0 radical (unpaired) electrons. The van der Waals surface area contributed by atoms with Gasteiger partial charge in [0.15, 0.2) is 0 Å². The number of rotatable bonds is 7. The fourth-order valence-electron chi connectivity index (χ4n) is 3.71. The average molecular weight is 403 g/mol. The SMILES string of the molecule is COc1cccc(-c2ccc(CNC(=O)CC(C)C3CCCNC3)cc2)c1.Cl. The average Bonchev–Trinajstić information content (AvgIpc) is 2.73. The third kappa shape index (κ3) is 6.25. The molecule has 0 saturated carbocycles. The van der Waals surface area contributed by atoms with Gasteiger partial charge in [0.1, 0.15) is 5.75 Å². The summed E-state index contributed by atoms with van der Waals surface area (Å²) < 4.78 is 5.29. The van der Waals surface area contributed by atoms with Gasteiger partial charge < -0.3 is 15.4 Å². The molecule has 2 atom stereocenters. The van der Waals surface area contributed by atoms with Crippen molar-refractivity contribution in [3.63, 3.8) is 0 Å². The Bertz CT molecular complexity index is 743. The number of carbonyl (C=O) groups is 1. The summed E-state index contributed by atoms with van der Waals surface area (Å²) in [7, 11) is 1.68. The van der Waals surface area contributed by atoms with E-state index in [9.17, 15) is 4.79 Å². The van der Waals surface area contributed by atoms with Crippen molar-refractivity contribution in [3.05, 3.63) is 54.1 Å². The minimum atomic E-state index is 0. The molecule has 0 aromatic heterocycles. The molecule has 1 aliphatic heterocycles. The Kier molecular flexibility index (Phi) is 8.81. The second-order valence-corrected chi connectivity index (χ2v) is 7.49. The molecule has 2 unspecified atom stereocenters. The minimum absolute atomic E-state index is 0. The van der Waals surface area contributed by atoms with Crippen molar-refractivity contribution >= 4 is 18.3 Å². The summed E-state index contributed by atoms with van der Waals surface area (Å²) >= 11 is 0. The molecule has 1 heterocycles. The van der Waals surface area contributed by atoms with Gasteiger partial charge in [0.2, 0.25) is 5.91 Å². The summed E-state index contributed by atoms with van der Waals surface area (Å²) in [6.07, 6.45) is 3.05. The Morgan fingerprint density at radius 3 is 2.68 bits per heavy atom. The lowest BCUT2D eigenvalue weighted by atomic mass is 9.85. The van der Waals surface area contributed by atoms with Crippen LogP contribution in [0.15, 0.2) is 48.5 Å². The fourth-order valence-corrected chi connectivity index (χ4v) is 3.71. The molecule has 0 bridgehead atoms. The number of hydrogen-bond acceptors (Lipinski definition) is 3. The standard InChI is InChI=1S/C23H30N2O2.ClH/c1-17(21-6-4-12-24-16-21)13-23(26)25-15-18-8-10-19(11-9-18)20-5-3-7-22(14-20)27-2;/h3,5,7-11,14,17,21,24H,4,6,12-13,15-16H2,1-2H3,(H,25,26);1H. The van der Waals surface area contributed by atoms with E-state index in [0.29, 0.717) is 24.8 Å². The molecule has 1 aliphatic rings. The minimum Gasteiger partial charge on any atom is -0.497 e. The number of amides is 1. The molecule has 1 saturated heterocycles. The normalized spacial score (nSPS) is 17.3. The van der Waals surface area contributed by atoms with Crippen LogP contribution in [0.5, 0.6) is 5.75 Å². The molecular formula is C23H31ClN2O2. The van der Waals surface area contributed by atoms with Crippen LogP contribution >= 0.6 is 12.4 Å². The maximum Gasteiger partial charge on any atom is 0.220 e. The number of hydrogen-bond donors (Lipinski definition) is 2. The lowest BCUT2D eigenvalue weighted by Gasteiger charge is -2.28. The highest BCUT2D eigenvalue weighted by atomic mass is 35.5. The molecule has 0 aliphatic carbocycles. The molecule has 2 N–H and O–H groups in total. The predicted molar refractivity (Wildman–Crippen MR) is 117 cm³/mol. The van der Waals surface area contributed by atoms with E-state index < -0.39 is 0 Å². The quantitative estimate of drug-likeness (QED) is 0.720. The van der Waals surface area contributed by atoms with E-state index in [-0.39, 0.29) is 18.3 Å². The second-order valence-electron chi connectivity index (χ2n) is 7.49. The molecule has 152 valence electrons. The van der Waals surface area contributed by atoms with Crippen LogP contribution in [0, 0.1) is 11.8 Å². The number of halogens is 1. The lowest BCUT2D eigenvalue weighted by molar-refractivity contribution is -0.122. The van der Waals surface area contributed by atoms with Crippen molar-refractivity contribution in [1.29, 1.82) is 0 Å². The topological polar surface area (TPSA) is 50.4 Å². The van der Waals surface area contributed by atoms with Gasteiger partial charge in [0.05, 0.1) is 7.11 Å². The van der Waals surface area contributed by atoms with E-state index in [2.05, 4.69) is 47.9 Å². The number of methoxy groups -OCH3 is 1. The molecule has 5 heteroatoms. The van der Waals surface area contributed by atoms with Crippen LogP contribution in [-0.2, 0) is 11.3 Å². The van der Waals surface area contributed by atoms with Crippen molar-refractivity contribution in [1.82, 2.24) is 10.6 Å². The zero-order valence-corrected chi connectivity index (χ0v) is 17.6. The van der Waals surface area contributed by atoms with Crippen molar-refractivity contribution < 1.29 is 9.53 Å². The lowest BCUT2D eigenvalue weighted by Crippen LogP contribution is -2.35. The van der Waals surface area contributed by atoms with Gasteiger partial charge in [-0.25, -0.2) is 0 Å². The van der Waals surface area contributed by atoms with Crippen molar-refractivity contribution in [2.24, 2.45) is 11.8 Å². The first-order valence-electron chi connectivity index (χ1n) is 9.86. The number of ether oxygens (including phenoxy) is 1. The van der Waals surface area contributed by atoms with Crippen LogP contribution in [0.4, 0.5) is 0 Å². The van der Waals surface area contributed by atoms with Crippen molar-refractivity contribution in [2.75, 3.05) is 20.2 Å². The Hall–Kier alpha value is -2.04. The Morgan fingerprint density at radius 1 is 1.21 bits per heavy atom. The Labute approximate surface area is 174 Å². The zero-order valence-electron chi connectivity index (χ0n) is 16.7. The third-order valence-electron chi connectivity index (χ3n) is 5.49. The first-order chi connectivity index (χ1) is 13.2.